The molecule has 0 bridgehead atoms. The monoisotopic (exact) mass is 471 g/mol. The Morgan fingerprint density at radius 3 is 2.45 bits per heavy atom. The van der Waals surface area contributed by atoms with Gasteiger partial charge in [0, 0.05) is 22.8 Å². The summed E-state index contributed by atoms with van der Waals surface area (Å²) in [5.41, 5.74) is 1.73. The number of primary sulfonamides is 1. The van der Waals surface area contributed by atoms with Crippen molar-refractivity contribution in [3.05, 3.63) is 88.5 Å². The summed E-state index contributed by atoms with van der Waals surface area (Å²) in [7, 11) is -3.98. The second kappa shape index (κ2) is 8.28. The van der Waals surface area contributed by atoms with Crippen molar-refractivity contribution in [2.24, 2.45) is 5.14 Å². The average molecular weight is 472 g/mol. The van der Waals surface area contributed by atoms with Crippen LogP contribution in [0.4, 0.5) is 5.69 Å². The fraction of sp³-hybridized carbons (Fsp3) is 0. The highest BCUT2D eigenvalue weighted by Gasteiger charge is 2.17. The zero-order chi connectivity index (χ0) is 22.2. The second-order valence-electron chi connectivity index (χ2n) is 6.72. The van der Waals surface area contributed by atoms with Crippen LogP contribution in [0.2, 0.25) is 10.0 Å². The zero-order valence-electron chi connectivity index (χ0n) is 15.8. The van der Waals surface area contributed by atoms with Gasteiger partial charge in [-0.2, -0.15) is 0 Å². The lowest BCUT2D eigenvalue weighted by Crippen LogP contribution is -2.16. The van der Waals surface area contributed by atoms with E-state index in [9.17, 15) is 13.2 Å². The largest absolute Gasteiger partial charge is 0.322 e. The Labute approximate surface area is 188 Å². The van der Waals surface area contributed by atoms with Crippen LogP contribution in [-0.2, 0) is 10.0 Å². The molecule has 0 saturated carbocycles. The van der Waals surface area contributed by atoms with Gasteiger partial charge in [-0.05, 0) is 47.9 Å². The number of benzene rings is 3. The SMILES string of the molecule is NS(=O)(=O)c1ccc(Cl)c(C(=O)Nc2ccc(Cl)c(-c3nccc4ccccc34)c2)c1. The molecule has 0 aliphatic heterocycles. The molecule has 0 spiro atoms. The summed E-state index contributed by atoms with van der Waals surface area (Å²) < 4.78 is 23.2. The molecule has 0 aliphatic rings. The molecule has 0 atom stereocenters. The number of nitrogens with one attached hydrogen (secondary N) is 1. The van der Waals surface area contributed by atoms with Gasteiger partial charge in [-0.15, -0.1) is 0 Å². The smallest absolute Gasteiger partial charge is 0.257 e. The molecule has 0 radical (unpaired) electrons. The maximum absolute atomic E-state index is 12.8. The van der Waals surface area contributed by atoms with Gasteiger partial charge in [0.1, 0.15) is 0 Å². The molecule has 1 aromatic heterocycles. The summed E-state index contributed by atoms with van der Waals surface area (Å²) >= 11 is 12.5. The molecule has 1 heterocycles. The van der Waals surface area contributed by atoms with Crippen molar-refractivity contribution in [1.82, 2.24) is 4.98 Å². The number of amides is 1. The number of halogens is 2. The van der Waals surface area contributed by atoms with Gasteiger partial charge < -0.3 is 5.32 Å². The Kier molecular flexibility index (Phi) is 5.68. The molecule has 3 aromatic carbocycles. The van der Waals surface area contributed by atoms with Crippen LogP contribution in [0.15, 0.2) is 77.8 Å². The van der Waals surface area contributed by atoms with Gasteiger partial charge in [-0.1, -0.05) is 47.5 Å². The standard InChI is InChI=1S/C22H15Cl2N3O3S/c23-19-7-5-14(11-17(19)21-16-4-2-1-3-13(16)9-10-26-21)27-22(28)18-12-15(31(25,29)30)6-8-20(18)24/h1-12H,(H,27,28)(H2,25,29,30). The van der Waals surface area contributed by atoms with E-state index in [1.165, 1.54) is 12.1 Å². The number of carbonyl (C=O) groups excluding carboxylic acids is 1. The lowest BCUT2D eigenvalue weighted by Gasteiger charge is -2.12. The Bertz CT molecular complexity index is 1430. The van der Waals surface area contributed by atoms with E-state index in [0.29, 0.717) is 22.0 Å². The number of nitrogens with two attached hydrogens (primary N) is 1. The third-order valence-electron chi connectivity index (χ3n) is 4.66. The minimum atomic E-state index is -3.98. The number of pyridine rings is 1. The van der Waals surface area contributed by atoms with Crippen LogP contribution in [0.1, 0.15) is 10.4 Å². The first-order chi connectivity index (χ1) is 14.7. The van der Waals surface area contributed by atoms with Crippen LogP contribution in [0.25, 0.3) is 22.0 Å². The third-order valence-corrected chi connectivity index (χ3v) is 6.23. The fourth-order valence-electron chi connectivity index (χ4n) is 3.17. The van der Waals surface area contributed by atoms with Crippen LogP contribution >= 0.6 is 23.2 Å². The quantitative estimate of drug-likeness (QED) is 0.431. The van der Waals surface area contributed by atoms with Crippen molar-refractivity contribution in [2.75, 3.05) is 5.32 Å². The van der Waals surface area contributed by atoms with Crippen molar-refractivity contribution in [3.63, 3.8) is 0 Å². The Morgan fingerprint density at radius 2 is 1.68 bits per heavy atom. The number of rotatable bonds is 4. The maximum Gasteiger partial charge on any atom is 0.257 e. The summed E-state index contributed by atoms with van der Waals surface area (Å²) in [6.07, 6.45) is 1.69. The summed E-state index contributed by atoms with van der Waals surface area (Å²) in [5, 5.41) is 10.3. The van der Waals surface area contributed by atoms with Crippen molar-refractivity contribution >= 4 is 55.6 Å². The van der Waals surface area contributed by atoms with E-state index in [4.69, 9.17) is 28.3 Å². The predicted molar refractivity (Wildman–Crippen MR) is 123 cm³/mol. The molecule has 6 nitrogen and oxygen atoms in total. The molecule has 4 aromatic rings. The summed E-state index contributed by atoms with van der Waals surface area (Å²) in [5.74, 6) is -0.588. The van der Waals surface area contributed by atoms with Crippen LogP contribution in [0, 0.1) is 0 Å². The van der Waals surface area contributed by atoms with E-state index in [0.717, 1.165) is 16.8 Å². The first-order valence-corrected chi connectivity index (χ1v) is 11.3. The van der Waals surface area contributed by atoms with Crippen molar-refractivity contribution in [1.29, 1.82) is 0 Å². The van der Waals surface area contributed by atoms with Gasteiger partial charge in [0.05, 0.1) is 26.2 Å². The van der Waals surface area contributed by atoms with E-state index in [1.807, 2.05) is 30.3 Å². The molecule has 4 rings (SSSR count). The fourth-order valence-corrected chi connectivity index (χ4v) is 4.12. The van der Waals surface area contributed by atoms with Gasteiger partial charge in [0.15, 0.2) is 0 Å². The van der Waals surface area contributed by atoms with Crippen molar-refractivity contribution in [2.45, 2.75) is 4.90 Å². The van der Waals surface area contributed by atoms with E-state index >= 15 is 0 Å². The average Bonchev–Trinajstić information content (AvgIpc) is 2.74. The maximum atomic E-state index is 12.8. The normalized spacial score (nSPS) is 11.5. The van der Waals surface area contributed by atoms with E-state index in [-0.39, 0.29) is 15.5 Å². The lowest BCUT2D eigenvalue weighted by atomic mass is 10.0. The van der Waals surface area contributed by atoms with E-state index in [1.54, 1.807) is 24.4 Å². The van der Waals surface area contributed by atoms with E-state index in [2.05, 4.69) is 10.3 Å². The molecular weight excluding hydrogens is 457 g/mol. The number of anilines is 1. The lowest BCUT2D eigenvalue weighted by molar-refractivity contribution is 0.102. The van der Waals surface area contributed by atoms with Crippen molar-refractivity contribution in [3.8, 4) is 11.3 Å². The first-order valence-electron chi connectivity index (χ1n) is 9.01. The third kappa shape index (κ3) is 4.40. The number of hydrogen-bond donors (Lipinski definition) is 2. The molecule has 9 heteroatoms. The number of hydrogen-bond acceptors (Lipinski definition) is 4. The number of nitrogens with zero attached hydrogens (tertiary/aromatic N) is 1. The highest BCUT2D eigenvalue weighted by molar-refractivity contribution is 7.89. The molecule has 0 saturated heterocycles. The first kappa shape index (κ1) is 21.3. The highest BCUT2D eigenvalue weighted by Crippen LogP contribution is 2.34. The minimum Gasteiger partial charge on any atom is -0.322 e. The molecule has 31 heavy (non-hydrogen) atoms. The summed E-state index contributed by atoms with van der Waals surface area (Å²) in [4.78, 5) is 17.0. The number of sulfonamides is 1. The Morgan fingerprint density at radius 1 is 0.935 bits per heavy atom. The van der Waals surface area contributed by atoms with Crippen LogP contribution in [-0.4, -0.2) is 19.3 Å². The summed E-state index contributed by atoms with van der Waals surface area (Å²) in [6, 6.07) is 18.3. The van der Waals surface area contributed by atoms with Gasteiger partial charge in [-0.25, -0.2) is 13.6 Å². The van der Waals surface area contributed by atoms with Gasteiger partial charge in [0.2, 0.25) is 10.0 Å². The molecular formula is C22H15Cl2N3O3S. The summed E-state index contributed by atoms with van der Waals surface area (Å²) in [6.45, 7) is 0. The van der Waals surface area contributed by atoms with Gasteiger partial charge in [0.25, 0.3) is 5.91 Å². The van der Waals surface area contributed by atoms with Crippen LogP contribution in [0.3, 0.4) is 0 Å². The Balaban J connectivity index is 1.72. The van der Waals surface area contributed by atoms with Crippen LogP contribution in [0.5, 0.6) is 0 Å². The Hall–Kier alpha value is -2.97. The number of aromatic nitrogens is 1. The predicted octanol–water partition coefficient (Wildman–Crippen LogP) is 5.11. The molecule has 0 aliphatic carbocycles. The number of carbonyl (C=O) groups is 1. The van der Waals surface area contributed by atoms with E-state index < -0.39 is 15.9 Å². The number of fused-ring (bicyclic) bond motifs is 1. The molecule has 0 unspecified atom stereocenters. The highest BCUT2D eigenvalue weighted by atomic mass is 35.5. The minimum absolute atomic E-state index is 0.0204. The van der Waals surface area contributed by atoms with Gasteiger partial charge in [-0.3, -0.25) is 9.78 Å². The van der Waals surface area contributed by atoms with Gasteiger partial charge >= 0.3 is 0 Å². The van der Waals surface area contributed by atoms with Crippen molar-refractivity contribution < 1.29 is 13.2 Å². The molecule has 3 N–H and O–H groups in total. The zero-order valence-corrected chi connectivity index (χ0v) is 18.2. The molecule has 1 amide bonds. The molecule has 0 fully saturated rings. The second-order valence-corrected chi connectivity index (χ2v) is 9.09. The molecule has 156 valence electrons. The van der Waals surface area contributed by atoms with Crippen LogP contribution < -0.4 is 10.5 Å². The topological polar surface area (TPSA) is 102 Å².